The van der Waals surface area contributed by atoms with Crippen LogP contribution in [0.3, 0.4) is 0 Å². The lowest BCUT2D eigenvalue weighted by molar-refractivity contribution is 0.0366. The molecule has 0 atom stereocenters. The molecule has 0 unspecified atom stereocenters. The first-order valence-corrected chi connectivity index (χ1v) is 3.78. The van der Waals surface area contributed by atoms with Crippen LogP contribution in [0.2, 0.25) is 0 Å². The summed E-state index contributed by atoms with van der Waals surface area (Å²) in [6.07, 6.45) is 2.97. The normalized spacial score (nSPS) is 10.3. The highest BCUT2D eigenvalue weighted by Crippen LogP contribution is 2.01. The minimum absolute atomic E-state index is 0.0904. The monoisotopic (exact) mass is 168 g/mol. The molecule has 0 saturated heterocycles. The van der Waals surface area contributed by atoms with Crippen molar-refractivity contribution in [2.75, 3.05) is 0 Å². The summed E-state index contributed by atoms with van der Waals surface area (Å²) >= 11 is 0. The van der Waals surface area contributed by atoms with Crippen LogP contribution in [0, 0.1) is 0 Å². The van der Waals surface area contributed by atoms with E-state index < -0.39 is 0 Å². The number of aryl methyl sites for hydroxylation is 1. The second-order valence-corrected chi connectivity index (χ2v) is 2.84. The molecule has 0 fully saturated rings. The third-order valence-electron chi connectivity index (χ3n) is 1.37. The van der Waals surface area contributed by atoms with Crippen LogP contribution in [0.15, 0.2) is 12.5 Å². The first kappa shape index (κ1) is 8.77. The first-order chi connectivity index (χ1) is 5.61. The Morgan fingerprint density at radius 3 is 2.75 bits per heavy atom. The van der Waals surface area contributed by atoms with Crippen molar-refractivity contribution in [2.24, 2.45) is 7.05 Å². The summed E-state index contributed by atoms with van der Waals surface area (Å²) in [5.74, 6) is -0.329. The zero-order valence-corrected chi connectivity index (χ0v) is 7.44. The molecule has 0 aromatic carbocycles. The highest BCUT2D eigenvalue weighted by Gasteiger charge is 2.11. The Bertz CT molecular complexity index is 278. The summed E-state index contributed by atoms with van der Waals surface area (Å²) in [6, 6.07) is 0. The van der Waals surface area contributed by atoms with Gasteiger partial charge >= 0.3 is 5.97 Å². The Labute approximate surface area is 71.2 Å². The largest absolute Gasteiger partial charge is 0.458 e. The summed E-state index contributed by atoms with van der Waals surface area (Å²) < 4.78 is 6.61. The molecule has 1 aromatic heterocycles. The van der Waals surface area contributed by atoms with Gasteiger partial charge in [-0.1, -0.05) is 0 Å². The van der Waals surface area contributed by atoms with Crippen molar-refractivity contribution in [3.63, 3.8) is 0 Å². The van der Waals surface area contributed by atoms with E-state index in [-0.39, 0.29) is 12.1 Å². The van der Waals surface area contributed by atoms with Crippen molar-refractivity contribution >= 4 is 5.97 Å². The predicted molar refractivity (Wildman–Crippen MR) is 43.8 cm³/mol. The topological polar surface area (TPSA) is 44.1 Å². The molecule has 0 spiro atoms. The van der Waals surface area contributed by atoms with Gasteiger partial charge in [-0.2, -0.15) is 0 Å². The molecular weight excluding hydrogens is 156 g/mol. The van der Waals surface area contributed by atoms with Crippen LogP contribution >= 0.6 is 0 Å². The minimum Gasteiger partial charge on any atom is -0.458 e. The van der Waals surface area contributed by atoms with Crippen molar-refractivity contribution in [3.05, 3.63) is 18.2 Å². The van der Waals surface area contributed by atoms with E-state index in [9.17, 15) is 4.79 Å². The van der Waals surface area contributed by atoms with Gasteiger partial charge in [0.05, 0.1) is 18.6 Å². The summed E-state index contributed by atoms with van der Waals surface area (Å²) in [7, 11) is 1.75. The number of aromatic nitrogens is 2. The Morgan fingerprint density at radius 2 is 2.33 bits per heavy atom. The summed E-state index contributed by atoms with van der Waals surface area (Å²) in [4.78, 5) is 15.1. The van der Waals surface area contributed by atoms with Gasteiger partial charge in [-0.05, 0) is 13.8 Å². The van der Waals surface area contributed by atoms with Crippen molar-refractivity contribution in [3.8, 4) is 0 Å². The second-order valence-electron chi connectivity index (χ2n) is 2.84. The molecule has 0 aliphatic heterocycles. The SMILES string of the molecule is CC(C)OC(=O)c1cncn1C. The lowest BCUT2D eigenvalue weighted by Gasteiger charge is -2.07. The average molecular weight is 168 g/mol. The van der Waals surface area contributed by atoms with E-state index in [0.29, 0.717) is 5.69 Å². The third-order valence-corrected chi connectivity index (χ3v) is 1.37. The number of esters is 1. The highest BCUT2D eigenvalue weighted by molar-refractivity contribution is 5.87. The van der Waals surface area contributed by atoms with Gasteiger partial charge < -0.3 is 9.30 Å². The van der Waals surface area contributed by atoms with Gasteiger partial charge in [-0.25, -0.2) is 9.78 Å². The number of hydrogen-bond acceptors (Lipinski definition) is 3. The van der Waals surface area contributed by atoms with Crippen LogP contribution in [-0.4, -0.2) is 21.6 Å². The fraction of sp³-hybridized carbons (Fsp3) is 0.500. The van der Waals surface area contributed by atoms with Crippen LogP contribution in [-0.2, 0) is 11.8 Å². The van der Waals surface area contributed by atoms with Crippen LogP contribution in [0.1, 0.15) is 24.3 Å². The van der Waals surface area contributed by atoms with Crippen LogP contribution < -0.4 is 0 Å². The molecule has 0 bridgehead atoms. The Morgan fingerprint density at radius 1 is 1.67 bits per heavy atom. The number of rotatable bonds is 2. The fourth-order valence-corrected chi connectivity index (χ4v) is 0.828. The molecule has 0 aliphatic rings. The Balaban J connectivity index is 2.72. The second kappa shape index (κ2) is 3.38. The van der Waals surface area contributed by atoms with E-state index in [1.165, 1.54) is 6.20 Å². The van der Waals surface area contributed by atoms with Gasteiger partial charge in [-0.15, -0.1) is 0 Å². The van der Waals surface area contributed by atoms with Gasteiger partial charge in [0.2, 0.25) is 0 Å². The Kier molecular flexibility index (Phi) is 2.47. The summed E-state index contributed by atoms with van der Waals surface area (Å²) in [5, 5.41) is 0. The molecule has 0 aliphatic carbocycles. The van der Waals surface area contributed by atoms with Crippen LogP contribution in [0.25, 0.3) is 0 Å². The fourth-order valence-electron chi connectivity index (χ4n) is 0.828. The zero-order chi connectivity index (χ0) is 9.14. The van der Waals surface area contributed by atoms with Crippen LogP contribution in [0.4, 0.5) is 0 Å². The minimum atomic E-state index is -0.329. The van der Waals surface area contributed by atoms with Crippen molar-refractivity contribution in [2.45, 2.75) is 20.0 Å². The molecular formula is C8H12N2O2. The number of imidazole rings is 1. The van der Waals surface area contributed by atoms with Gasteiger partial charge in [0.25, 0.3) is 0 Å². The number of nitrogens with zero attached hydrogens (tertiary/aromatic N) is 2. The standard InChI is InChI=1S/C8H12N2O2/c1-6(2)12-8(11)7-4-9-5-10(7)3/h4-6H,1-3H3. The summed E-state index contributed by atoms with van der Waals surface area (Å²) in [5.41, 5.74) is 0.476. The van der Waals surface area contributed by atoms with Gasteiger partial charge in [-0.3, -0.25) is 0 Å². The quantitative estimate of drug-likeness (QED) is 0.618. The third kappa shape index (κ3) is 1.84. The van der Waals surface area contributed by atoms with Crippen molar-refractivity contribution in [1.82, 2.24) is 9.55 Å². The van der Waals surface area contributed by atoms with Gasteiger partial charge in [0, 0.05) is 7.05 Å². The first-order valence-electron chi connectivity index (χ1n) is 3.78. The Hall–Kier alpha value is -1.32. The van der Waals surface area contributed by atoms with E-state index in [4.69, 9.17) is 4.74 Å². The highest BCUT2D eigenvalue weighted by atomic mass is 16.5. The average Bonchev–Trinajstić information content (AvgIpc) is 2.33. The zero-order valence-electron chi connectivity index (χ0n) is 7.44. The molecule has 4 nitrogen and oxygen atoms in total. The van der Waals surface area contributed by atoms with E-state index >= 15 is 0 Å². The number of carbonyl (C=O) groups is 1. The molecule has 0 N–H and O–H groups in total. The molecule has 0 amide bonds. The van der Waals surface area contributed by atoms with Gasteiger partial charge in [0.15, 0.2) is 0 Å². The van der Waals surface area contributed by atoms with E-state index in [2.05, 4.69) is 4.98 Å². The van der Waals surface area contributed by atoms with E-state index in [1.54, 1.807) is 17.9 Å². The van der Waals surface area contributed by atoms with Crippen molar-refractivity contribution < 1.29 is 9.53 Å². The maximum Gasteiger partial charge on any atom is 0.356 e. The number of ether oxygens (including phenoxy) is 1. The molecule has 0 saturated carbocycles. The molecule has 12 heavy (non-hydrogen) atoms. The smallest absolute Gasteiger partial charge is 0.356 e. The summed E-state index contributed by atoms with van der Waals surface area (Å²) in [6.45, 7) is 3.63. The predicted octanol–water partition coefficient (Wildman–Crippen LogP) is 0.985. The van der Waals surface area contributed by atoms with Gasteiger partial charge in [0.1, 0.15) is 5.69 Å². The molecule has 66 valence electrons. The van der Waals surface area contributed by atoms with E-state index in [0.717, 1.165) is 0 Å². The number of hydrogen-bond donors (Lipinski definition) is 0. The maximum atomic E-state index is 11.3. The molecule has 4 heteroatoms. The maximum absolute atomic E-state index is 11.3. The van der Waals surface area contributed by atoms with E-state index in [1.807, 2.05) is 13.8 Å². The number of carbonyl (C=O) groups excluding carboxylic acids is 1. The lowest BCUT2D eigenvalue weighted by atomic mass is 10.4. The molecule has 1 aromatic rings. The molecule has 0 radical (unpaired) electrons. The lowest BCUT2D eigenvalue weighted by Crippen LogP contribution is -2.14. The molecule has 1 rings (SSSR count). The molecule has 1 heterocycles. The van der Waals surface area contributed by atoms with Crippen molar-refractivity contribution in [1.29, 1.82) is 0 Å². The van der Waals surface area contributed by atoms with Crippen LogP contribution in [0.5, 0.6) is 0 Å².